The number of nitrogens with zero attached hydrogens (tertiary/aromatic N) is 2. The van der Waals surface area contributed by atoms with Crippen molar-refractivity contribution in [3.8, 4) is 0 Å². The van der Waals surface area contributed by atoms with Crippen molar-refractivity contribution < 1.29 is 9.59 Å². The highest BCUT2D eigenvalue weighted by Crippen LogP contribution is 2.20. The summed E-state index contributed by atoms with van der Waals surface area (Å²) in [6.07, 6.45) is 3.42. The average Bonchev–Trinajstić information content (AvgIpc) is 2.80. The van der Waals surface area contributed by atoms with Gasteiger partial charge in [-0.2, -0.15) is 0 Å². The quantitative estimate of drug-likeness (QED) is 0.826. The summed E-state index contributed by atoms with van der Waals surface area (Å²) in [4.78, 5) is 28.4. The van der Waals surface area contributed by atoms with Crippen molar-refractivity contribution in [2.45, 2.75) is 45.6 Å². The molecule has 5 nitrogen and oxygen atoms in total. The van der Waals surface area contributed by atoms with Gasteiger partial charge in [-0.3, -0.25) is 9.59 Å². The van der Waals surface area contributed by atoms with Gasteiger partial charge >= 0.3 is 0 Å². The van der Waals surface area contributed by atoms with E-state index in [2.05, 4.69) is 31.1 Å². The zero-order valence-electron chi connectivity index (χ0n) is 13.6. The molecular weight excluding hydrogens is 266 g/mol. The third kappa shape index (κ3) is 4.70. The summed E-state index contributed by atoms with van der Waals surface area (Å²) < 4.78 is 0. The molecular formula is C16H29N3O2. The predicted octanol–water partition coefficient (Wildman–Crippen LogP) is 1.09. The molecule has 1 unspecified atom stereocenters. The van der Waals surface area contributed by atoms with E-state index < -0.39 is 0 Å². The first-order valence-electron chi connectivity index (χ1n) is 8.22. The van der Waals surface area contributed by atoms with E-state index in [1.165, 1.54) is 0 Å². The molecule has 2 saturated heterocycles. The van der Waals surface area contributed by atoms with Gasteiger partial charge in [0.2, 0.25) is 11.8 Å². The first kappa shape index (κ1) is 16.3. The minimum absolute atomic E-state index is 0.0740. The Hall–Kier alpha value is -1.10. The Morgan fingerprint density at radius 3 is 2.62 bits per heavy atom. The zero-order chi connectivity index (χ0) is 15.4. The van der Waals surface area contributed by atoms with Gasteiger partial charge in [0.15, 0.2) is 0 Å². The molecule has 2 amide bonds. The Labute approximate surface area is 128 Å². The number of likely N-dealkylation sites (tertiary alicyclic amines) is 2. The number of hydrogen-bond acceptors (Lipinski definition) is 3. The molecule has 0 spiro atoms. The maximum absolute atomic E-state index is 12.3. The minimum atomic E-state index is -0.149. The number of carbonyl (C=O) groups is 2. The van der Waals surface area contributed by atoms with Crippen molar-refractivity contribution in [2.75, 3.05) is 33.2 Å². The van der Waals surface area contributed by atoms with E-state index in [9.17, 15) is 9.59 Å². The summed E-state index contributed by atoms with van der Waals surface area (Å²) in [6.45, 7) is 7.78. The van der Waals surface area contributed by atoms with Gasteiger partial charge in [0, 0.05) is 25.6 Å². The molecule has 2 rings (SSSR count). The standard InChI is InChI=1S/C16H29N3O2/c1-12(2)4-9-19-11-13(10-15(19)20)16(21)17-14-5-7-18(3)8-6-14/h12-14H,4-11H2,1-3H3,(H,17,21). The molecule has 2 aliphatic heterocycles. The van der Waals surface area contributed by atoms with E-state index in [1.54, 1.807) is 0 Å². The molecule has 0 radical (unpaired) electrons. The number of nitrogens with one attached hydrogen (secondary N) is 1. The summed E-state index contributed by atoms with van der Waals surface area (Å²) >= 11 is 0. The molecule has 21 heavy (non-hydrogen) atoms. The van der Waals surface area contributed by atoms with Crippen LogP contribution in [0.5, 0.6) is 0 Å². The van der Waals surface area contributed by atoms with Crippen LogP contribution in [0.15, 0.2) is 0 Å². The lowest BCUT2D eigenvalue weighted by atomic mass is 10.0. The first-order valence-corrected chi connectivity index (χ1v) is 8.22. The van der Waals surface area contributed by atoms with Crippen molar-refractivity contribution >= 4 is 11.8 Å². The molecule has 0 aromatic carbocycles. The Bertz CT molecular complexity index is 376. The highest BCUT2D eigenvalue weighted by atomic mass is 16.2. The SMILES string of the molecule is CC(C)CCN1CC(C(=O)NC2CCN(C)CC2)CC1=O. The van der Waals surface area contributed by atoms with Crippen LogP contribution in [0.1, 0.15) is 39.5 Å². The molecule has 1 N–H and O–H groups in total. The Morgan fingerprint density at radius 2 is 2.00 bits per heavy atom. The van der Waals surface area contributed by atoms with Gasteiger partial charge in [-0.1, -0.05) is 13.8 Å². The fourth-order valence-electron chi connectivity index (χ4n) is 3.05. The fourth-order valence-corrected chi connectivity index (χ4v) is 3.05. The molecule has 1 atom stereocenters. The smallest absolute Gasteiger partial charge is 0.225 e. The van der Waals surface area contributed by atoms with Crippen LogP contribution in [0, 0.1) is 11.8 Å². The maximum Gasteiger partial charge on any atom is 0.225 e. The lowest BCUT2D eigenvalue weighted by Crippen LogP contribution is -2.45. The molecule has 2 fully saturated rings. The lowest BCUT2D eigenvalue weighted by molar-refractivity contribution is -0.129. The van der Waals surface area contributed by atoms with Crippen LogP contribution in [-0.2, 0) is 9.59 Å². The predicted molar refractivity (Wildman–Crippen MR) is 82.8 cm³/mol. The van der Waals surface area contributed by atoms with E-state index in [0.717, 1.165) is 38.9 Å². The van der Waals surface area contributed by atoms with Crippen LogP contribution in [0.25, 0.3) is 0 Å². The number of rotatable bonds is 5. The van der Waals surface area contributed by atoms with Gasteiger partial charge in [0.1, 0.15) is 0 Å². The molecule has 0 saturated carbocycles. The Balaban J connectivity index is 1.77. The number of amides is 2. The highest BCUT2D eigenvalue weighted by Gasteiger charge is 2.35. The van der Waals surface area contributed by atoms with Gasteiger partial charge in [-0.05, 0) is 45.3 Å². The molecule has 120 valence electrons. The summed E-state index contributed by atoms with van der Waals surface area (Å²) in [5.41, 5.74) is 0. The van der Waals surface area contributed by atoms with Crippen LogP contribution in [0.2, 0.25) is 0 Å². The molecule has 0 bridgehead atoms. The number of carbonyl (C=O) groups excluding carboxylic acids is 2. The molecule has 0 aliphatic carbocycles. The van der Waals surface area contributed by atoms with Crippen LogP contribution >= 0.6 is 0 Å². The first-order chi connectivity index (χ1) is 9.95. The second kappa shape index (κ2) is 7.25. The fraction of sp³-hybridized carbons (Fsp3) is 0.875. The summed E-state index contributed by atoms with van der Waals surface area (Å²) in [6, 6.07) is 0.286. The summed E-state index contributed by atoms with van der Waals surface area (Å²) in [7, 11) is 2.11. The number of piperidine rings is 1. The second-order valence-corrected chi connectivity index (χ2v) is 7.01. The second-order valence-electron chi connectivity index (χ2n) is 7.01. The van der Waals surface area contributed by atoms with Crippen molar-refractivity contribution in [1.29, 1.82) is 0 Å². The summed E-state index contributed by atoms with van der Waals surface area (Å²) in [5.74, 6) is 0.651. The molecule has 5 heteroatoms. The zero-order valence-corrected chi connectivity index (χ0v) is 13.6. The van der Waals surface area contributed by atoms with E-state index >= 15 is 0 Å². The van der Waals surface area contributed by atoms with Gasteiger partial charge in [-0.15, -0.1) is 0 Å². The van der Waals surface area contributed by atoms with Crippen molar-refractivity contribution in [1.82, 2.24) is 15.1 Å². The molecule has 2 heterocycles. The van der Waals surface area contributed by atoms with Crippen molar-refractivity contribution in [2.24, 2.45) is 11.8 Å². The van der Waals surface area contributed by atoms with E-state index in [-0.39, 0.29) is 23.8 Å². The lowest BCUT2D eigenvalue weighted by Gasteiger charge is -2.30. The third-order valence-electron chi connectivity index (χ3n) is 4.63. The van der Waals surface area contributed by atoms with E-state index in [0.29, 0.717) is 18.9 Å². The largest absolute Gasteiger partial charge is 0.353 e. The monoisotopic (exact) mass is 295 g/mol. The van der Waals surface area contributed by atoms with Gasteiger partial charge < -0.3 is 15.1 Å². The maximum atomic E-state index is 12.3. The Kier molecular flexibility index (Phi) is 5.62. The van der Waals surface area contributed by atoms with Crippen LogP contribution in [0.4, 0.5) is 0 Å². The Morgan fingerprint density at radius 1 is 1.33 bits per heavy atom. The van der Waals surface area contributed by atoms with Crippen molar-refractivity contribution in [3.63, 3.8) is 0 Å². The van der Waals surface area contributed by atoms with Crippen LogP contribution in [-0.4, -0.2) is 60.9 Å². The highest BCUT2D eigenvalue weighted by molar-refractivity contribution is 5.89. The third-order valence-corrected chi connectivity index (χ3v) is 4.63. The minimum Gasteiger partial charge on any atom is -0.353 e. The molecule has 2 aliphatic rings. The van der Waals surface area contributed by atoms with Crippen LogP contribution in [0.3, 0.4) is 0 Å². The molecule has 0 aromatic heterocycles. The van der Waals surface area contributed by atoms with Gasteiger partial charge in [-0.25, -0.2) is 0 Å². The topological polar surface area (TPSA) is 52.7 Å². The van der Waals surface area contributed by atoms with Crippen molar-refractivity contribution in [3.05, 3.63) is 0 Å². The van der Waals surface area contributed by atoms with Crippen LogP contribution < -0.4 is 5.32 Å². The normalized spacial score (nSPS) is 24.9. The average molecular weight is 295 g/mol. The van der Waals surface area contributed by atoms with E-state index in [1.807, 2.05) is 4.90 Å². The molecule has 0 aromatic rings. The van der Waals surface area contributed by atoms with E-state index in [4.69, 9.17) is 0 Å². The number of hydrogen-bond donors (Lipinski definition) is 1. The summed E-state index contributed by atoms with van der Waals surface area (Å²) in [5, 5.41) is 3.14. The van der Waals surface area contributed by atoms with Gasteiger partial charge in [0.05, 0.1) is 5.92 Å². The van der Waals surface area contributed by atoms with Gasteiger partial charge in [0.25, 0.3) is 0 Å².